The molecule has 1 nitrogen and oxygen atoms in total. The fraction of sp³-hybridized carbons (Fsp3) is 0.360. The van der Waals surface area contributed by atoms with E-state index in [1.807, 2.05) is 0 Å². The van der Waals surface area contributed by atoms with Gasteiger partial charge < -0.3 is 4.48 Å². The second-order valence-corrected chi connectivity index (χ2v) is 8.17. The van der Waals surface area contributed by atoms with Crippen LogP contribution in [0.4, 0.5) is 0 Å². The lowest BCUT2D eigenvalue weighted by Gasteiger charge is -2.40. The number of hydrogen-bond donors (Lipinski definition) is 0. The summed E-state index contributed by atoms with van der Waals surface area (Å²) >= 11 is 6.57. The van der Waals surface area contributed by atoms with E-state index in [9.17, 15) is 0 Å². The molecule has 2 aromatic rings. The summed E-state index contributed by atoms with van der Waals surface area (Å²) in [4.78, 5) is 0. The van der Waals surface area contributed by atoms with Crippen molar-refractivity contribution < 1.29 is 4.48 Å². The van der Waals surface area contributed by atoms with Crippen molar-refractivity contribution in [1.82, 2.24) is 0 Å². The molecule has 0 N–H and O–H groups in total. The molecule has 0 aliphatic carbocycles. The summed E-state index contributed by atoms with van der Waals surface area (Å²) in [5.74, 6) is 0. The molecule has 3 rings (SSSR count). The topological polar surface area (TPSA) is 0 Å². The zero-order chi connectivity index (χ0) is 18.8. The molecule has 0 radical (unpaired) electrons. The highest BCUT2D eigenvalue weighted by Crippen LogP contribution is 2.21. The zero-order valence-electron chi connectivity index (χ0n) is 16.2. The van der Waals surface area contributed by atoms with E-state index >= 15 is 0 Å². The van der Waals surface area contributed by atoms with Gasteiger partial charge in [0.1, 0.15) is 0 Å². The van der Waals surface area contributed by atoms with Gasteiger partial charge in [0.2, 0.25) is 0 Å². The van der Waals surface area contributed by atoms with E-state index in [-0.39, 0.29) is 0 Å². The number of nitrogens with zero attached hydrogens (tertiary/aromatic N) is 1. The maximum atomic E-state index is 6.57. The Bertz CT molecular complexity index is 727. The maximum Gasteiger partial charge on any atom is 0.0990 e. The molecule has 1 heterocycles. The molecule has 0 unspecified atom stereocenters. The Labute approximate surface area is 169 Å². The number of halogens is 1. The monoisotopic (exact) mass is 380 g/mol. The van der Waals surface area contributed by atoms with E-state index in [1.165, 1.54) is 43.5 Å². The van der Waals surface area contributed by atoms with Crippen LogP contribution in [0.25, 0.3) is 0 Å². The van der Waals surface area contributed by atoms with Crippen molar-refractivity contribution >= 4 is 11.6 Å². The van der Waals surface area contributed by atoms with Crippen molar-refractivity contribution in [2.24, 2.45) is 0 Å². The molecule has 0 spiro atoms. The molecule has 2 heteroatoms. The van der Waals surface area contributed by atoms with Crippen molar-refractivity contribution in [2.45, 2.75) is 32.1 Å². The average Bonchev–Trinajstić information content (AvgIpc) is 2.72. The first-order valence-corrected chi connectivity index (χ1v) is 10.6. The van der Waals surface area contributed by atoms with Gasteiger partial charge in [-0.15, -0.1) is 0 Å². The van der Waals surface area contributed by atoms with E-state index in [4.69, 9.17) is 11.6 Å². The Morgan fingerprint density at radius 2 is 1.41 bits per heavy atom. The van der Waals surface area contributed by atoms with Gasteiger partial charge in [0.05, 0.1) is 26.2 Å². The summed E-state index contributed by atoms with van der Waals surface area (Å²) in [5, 5.41) is 0.970. The predicted octanol–water partition coefficient (Wildman–Crippen LogP) is 6.15. The molecule has 0 saturated carbocycles. The van der Waals surface area contributed by atoms with Crippen molar-refractivity contribution in [2.75, 3.05) is 26.2 Å². The predicted molar refractivity (Wildman–Crippen MR) is 117 cm³/mol. The molecule has 1 aliphatic heterocycles. The summed E-state index contributed by atoms with van der Waals surface area (Å²) < 4.78 is 1.15. The molecular weight excluding hydrogens is 350 g/mol. The van der Waals surface area contributed by atoms with Crippen molar-refractivity contribution in [3.05, 3.63) is 95.1 Å². The van der Waals surface area contributed by atoms with Crippen LogP contribution in [-0.4, -0.2) is 30.7 Å². The Balaban J connectivity index is 1.57. The van der Waals surface area contributed by atoms with Crippen LogP contribution in [0.5, 0.6) is 0 Å². The molecule has 1 saturated heterocycles. The lowest BCUT2D eigenvalue weighted by molar-refractivity contribution is -0.921. The standard InChI is InChI=1S/C25H31ClN/c26-25(22-24-15-6-2-7-16-24)17-21-27(18-9-3-10-19-27)20-11-8-14-23-12-4-1-5-13-23/h1-2,4-8,11-13,15-17H,3,9-10,14,18-22H2/q+1. The van der Waals surface area contributed by atoms with E-state index < -0.39 is 0 Å². The fourth-order valence-corrected chi connectivity index (χ4v) is 4.13. The smallest absolute Gasteiger partial charge is 0.0990 e. The minimum absolute atomic E-state index is 0.840. The number of rotatable bonds is 8. The molecule has 1 fully saturated rings. The van der Waals surface area contributed by atoms with Crippen LogP contribution in [0.3, 0.4) is 0 Å². The minimum Gasteiger partial charge on any atom is -0.317 e. The van der Waals surface area contributed by atoms with Gasteiger partial charge in [-0.3, -0.25) is 0 Å². The molecule has 0 bridgehead atoms. The number of likely N-dealkylation sites (tertiary alicyclic amines) is 1. The third kappa shape index (κ3) is 6.68. The molecule has 2 aromatic carbocycles. The first-order chi connectivity index (χ1) is 13.3. The van der Waals surface area contributed by atoms with Gasteiger partial charge in [0, 0.05) is 11.5 Å². The molecule has 0 amide bonds. The summed E-state index contributed by atoms with van der Waals surface area (Å²) in [7, 11) is 0. The number of allylic oxidation sites excluding steroid dienone is 2. The minimum atomic E-state index is 0.840. The first kappa shape index (κ1) is 19.9. The Hall–Kier alpha value is -1.83. The zero-order valence-corrected chi connectivity index (χ0v) is 17.0. The highest BCUT2D eigenvalue weighted by molar-refractivity contribution is 6.29. The fourth-order valence-electron chi connectivity index (χ4n) is 3.91. The first-order valence-electron chi connectivity index (χ1n) is 10.2. The van der Waals surface area contributed by atoms with Gasteiger partial charge in [-0.2, -0.15) is 0 Å². The van der Waals surface area contributed by atoms with E-state index in [2.05, 4.69) is 78.9 Å². The van der Waals surface area contributed by atoms with Gasteiger partial charge in [-0.25, -0.2) is 0 Å². The Morgan fingerprint density at radius 1 is 0.778 bits per heavy atom. The van der Waals surface area contributed by atoms with E-state index in [0.29, 0.717) is 0 Å². The maximum absolute atomic E-state index is 6.57. The van der Waals surface area contributed by atoms with Crippen LogP contribution >= 0.6 is 11.6 Å². The highest BCUT2D eigenvalue weighted by atomic mass is 35.5. The summed E-state index contributed by atoms with van der Waals surface area (Å²) in [6.45, 7) is 4.68. The molecule has 27 heavy (non-hydrogen) atoms. The largest absolute Gasteiger partial charge is 0.317 e. The van der Waals surface area contributed by atoms with Crippen LogP contribution < -0.4 is 0 Å². The number of benzene rings is 2. The van der Waals surface area contributed by atoms with Gasteiger partial charge >= 0.3 is 0 Å². The molecule has 0 atom stereocenters. The lowest BCUT2D eigenvalue weighted by atomic mass is 10.1. The quantitative estimate of drug-likeness (QED) is 0.380. The third-order valence-corrected chi connectivity index (χ3v) is 5.82. The summed E-state index contributed by atoms with van der Waals surface area (Å²) in [6.07, 6.45) is 12.9. The molecular formula is C25H31ClN+. The second-order valence-electron chi connectivity index (χ2n) is 7.69. The van der Waals surface area contributed by atoms with E-state index in [0.717, 1.165) is 35.4 Å². The SMILES string of the molecule is ClC(=CC[N+]1(CC=CCc2ccccc2)CCCCC1)Cc1ccccc1. The van der Waals surface area contributed by atoms with Crippen LogP contribution in [0.2, 0.25) is 0 Å². The van der Waals surface area contributed by atoms with Crippen molar-refractivity contribution in [3.63, 3.8) is 0 Å². The molecule has 142 valence electrons. The average molecular weight is 381 g/mol. The van der Waals surface area contributed by atoms with Crippen molar-refractivity contribution in [1.29, 1.82) is 0 Å². The number of quaternary nitrogens is 1. The third-order valence-electron chi connectivity index (χ3n) is 5.54. The number of hydrogen-bond acceptors (Lipinski definition) is 0. The summed E-state index contributed by atoms with van der Waals surface area (Å²) in [6, 6.07) is 21.2. The van der Waals surface area contributed by atoms with Crippen LogP contribution in [0.1, 0.15) is 30.4 Å². The lowest BCUT2D eigenvalue weighted by Crippen LogP contribution is -2.51. The Kier molecular flexibility index (Phi) is 7.74. The normalized spacial score (nSPS) is 17.3. The van der Waals surface area contributed by atoms with Gasteiger partial charge in [0.25, 0.3) is 0 Å². The second kappa shape index (κ2) is 10.5. The molecule has 0 aromatic heterocycles. The van der Waals surface area contributed by atoms with Crippen LogP contribution in [-0.2, 0) is 12.8 Å². The van der Waals surface area contributed by atoms with Gasteiger partial charge in [-0.05, 0) is 49.0 Å². The van der Waals surface area contributed by atoms with Crippen LogP contribution in [0, 0.1) is 0 Å². The van der Waals surface area contributed by atoms with Gasteiger partial charge in [0.15, 0.2) is 0 Å². The van der Waals surface area contributed by atoms with Gasteiger partial charge in [-0.1, -0.05) is 78.3 Å². The molecule has 1 aliphatic rings. The highest BCUT2D eigenvalue weighted by Gasteiger charge is 2.27. The summed E-state index contributed by atoms with van der Waals surface area (Å²) in [5.41, 5.74) is 2.66. The Morgan fingerprint density at radius 3 is 2.07 bits per heavy atom. The van der Waals surface area contributed by atoms with E-state index in [1.54, 1.807) is 0 Å². The number of piperidine rings is 1. The van der Waals surface area contributed by atoms with Crippen molar-refractivity contribution in [3.8, 4) is 0 Å². The van der Waals surface area contributed by atoms with Crippen LogP contribution in [0.15, 0.2) is 83.9 Å².